The Balaban J connectivity index is 1.93. The third kappa shape index (κ3) is 5.82. The molecule has 0 aromatic carbocycles. The van der Waals surface area contributed by atoms with Crippen LogP contribution in [0, 0.1) is 5.92 Å². The summed E-state index contributed by atoms with van der Waals surface area (Å²) < 4.78 is 0.863. The summed E-state index contributed by atoms with van der Waals surface area (Å²) >= 11 is 3.21. The number of rotatable bonds is 6. The molecule has 1 aliphatic rings. The molecular formula is C9H15BrN2O. The number of carbonyl (C=O) groups excluding carboxylic acids is 1. The summed E-state index contributed by atoms with van der Waals surface area (Å²) in [6, 6.07) is 0. The fraction of sp³-hybridized carbons (Fsp3) is 0.667. The normalized spacial score (nSPS) is 15.5. The minimum atomic E-state index is 0.0700. The number of hydrogen-bond acceptors (Lipinski definition) is 2. The zero-order valence-corrected chi connectivity index (χ0v) is 9.19. The number of carbonyl (C=O) groups is 1. The van der Waals surface area contributed by atoms with E-state index in [4.69, 9.17) is 0 Å². The third-order valence-corrected chi connectivity index (χ3v) is 2.17. The van der Waals surface area contributed by atoms with Crippen LogP contribution in [0.2, 0.25) is 0 Å². The highest BCUT2D eigenvalue weighted by Crippen LogP contribution is 2.27. The summed E-state index contributed by atoms with van der Waals surface area (Å²) in [5.41, 5.74) is 0. The van der Waals surface area contributed by atoms with E-state index in [2.05, 4.69) is 33.1 Å². The van der Waals surface area contributed by atoms with E-state index in [0.29, 0.717) is 13.1 Å². The average Bonchev–Trinajstić information content (AvgIpc) is 2.83. The highest BCUT2D eigenvalue weighted by atomic mass is 79.9. The van der Waals surface area contributed by atoms with E-state index in [1.165, 1.54) is 12.8 Å². The minimum Gasteiger partial charge on any atom is -0.355 e. The summed E-state index contributed by atoms with van der Waals surface area (Å²) in [6.45, 7) is 5.51. The lowest BCUT2D eigenvalue weighted by Crippen LogP contribution is -2.35. The molecule has 0 atom stereocenters. The monoisotopic (exact) mass is 246 g/mol. The first-order chi connectivity index (χ1) is 6.18. The second kappa shape index (κ2) is 5.40. The minimum absolute atomic E-state index is 0.0700. The Hall–Kier alpha value is -0.350. The van der Waals surface area contributed by atoms with Gasteiger partial charge in [-0.05, 0) is 18.8 Å². The first-order valence-electron chi connectivity index (χ1n) is 4.49. The standard InChI is InChI=1S/C9H15BrN2O/c1-7(10)4-11-6-9(13)12-5-8-2-3-8/h8,11H,1-6H2,(H,12,13). The van der Waals surface area contributed by atoms with E-state index < -0.39 is 0 Å². The maximum absolute atomic E-state index is 11.1. The first kappa shape index (κ1) is 10.7. The van der Waals surface area contributed by atoms with Gasteiger partial charge in [-0.2, -0.15) is 0 Å². The molecule has 0 heterocycles. The van der Waals surface area contributed by atoms with Gasteiger partial charge in [0.2, 0.25) is 5.91 Å². The van der Waals surface area contributed by atoms with Gasteiger partial charge in [0.15, 0.2) is 0 Å². The topological polar surface area (TPSA) is 41.1 Å². The maximum atomic E-state index is 11.1. The second-order valence-electron chi connectivity index (χ2n) is 3.37. The lowest BCUT2D eigenvalue weighted by molar-refractivity contribution is -0.120. The van der Waals surface area contributed by atoms with Gasteiger partial charge < -0.3 is 10.6 Å². The molecule has 1 saturated carbocycles. The number of amides is 1. The molecule has 1 rings (SSSR count). The zero-order chi connectivity index (χ0) is 9.68. The quantitative estimate of drug-likeness (QED) is 0.735. The van der Waals surface area contributed by atoms with E-state index in [1.54, 1.807) is 0 Å². The molecule has 0 aromatic heterocycles. The fourth-order valence-corrected chi connectivity index (χ4v) is 1.15. The second-order valence-corrected chi connectivity index (χ2v) is 4.49. The third-order valence-electron chi connectivity index (χ3n) is 1.89. The molecule has 3 nitrogen and oxygen atoms in total. The number of hydrogen-bond donors (Lipinski definition) is 2. The molecule has 1 amide bonds. The van der Waals surface area contributed by atoms with Gasteiger partial charge in [0.05, 0.1) is 6.54 Å². The van der Waals surface area contributed by atoms with Crippen LogP contribution in [0.3, 0.4) is 0 Å². The van der Waals surface area contributed by atoms with Gasteiger partial charge in [-0.3, -0.25) is 4.79 Å². The van der Waals surface area contributed by atoms with Crippen molar-refractivity contribution in [2.45, 2.75) is 12.8 Å². The molecule has 0 aromatic rings. The van der Waals surface area contributed by atoms with Crippen LogP contribution in [0.25, 0.3) is 0 Å². The molecule has 2 N–H and O–H groups in total. The summed E-state index contributed by atoms with van der Waals surface area (Å²) in [4.78, 5) is 11.1. The molecule has 0 bridgehead atoms. The van der Waals surface area contributed by atoms with Crippen molar-refractivity contribution in [1.82, 2.24) is 10.6 Å². The fourth-order valence-electron chi connectivity index (χ4n) is 0.954. The lowest BCUT2D eigenvalue weighted by atomic mass is 10.4. The van der Waals surface area contributed by atoms with E-state index in [1.807, 2.05) is 0 Å². The first-order valence-corrected chi connectivity index (χ1v) is 5.28. The molecule has 4 heteroatoms. The predicted octanol–water partition coefficient (Wildman–Crippen LogP) is 1.01. The molecule has 0 spiro atoms. The molecule has 13 heavy (non-hydrogen) atoms. The van der Waals surface area contributed by atoms with E-state index in [-0.39, 0.29) is 5.91 Å². The van der Waals surface area contributed by atoms with Crippen molar-refractivity contribution >= 4 is 21.8 Å². The number of halogens is 1. The van der Waals surface area contributed by atoms with Gasteiger partial charge in [0.25, 0.3) is 0 Å². The van der Waals surface area contributed by atoms with Crippen molar-refractivity contribution in [3.8, 4) is 0 Å². The van der Waals surface area contributed by atoms with Gasteiger partial charge in [0, 0.05) is 17.6 Å². The summed E-state index contributed by atoms with van der Waals surface area (Å²) in [6.07, 6.45) is 2.54. The molecule has 74 valence electrons. The van der Waals surface area contributed by atoms with Crippen LogP contribution in [-0.4, -0.2) is 25.5 Å². The largest absolute Gasteiger partial charge is 0.355 e. The Kier molecular flexibility index (Phi) is 4.45. The van der Waals surface area contributed by atoms with E-state index in [9.17, 15) is 4.79 Å². The van der Waals surface area contributed by atoms with Crippen molar-refractivity contribution in [3.63, 3.8) is 0 Å². The molecule has 0 unspecified atom stereocenters. The Labute approximate surface area is 87.1 Å². The Morgan fingerprint density at radius 1 is 1.46 bits per heavy atom. The van der Waals surface area contributed by atoms with Crippen LogP contribution in [0.5, 0.6) is 0 Å². The van der Waals surface area contributed by atoms with Gasteiger partial charge in [-0.1, -0.05) is 22.5 Å². The average molecular weight is 247 g/mol. The Morgan fingerprint density at radius 2 is 2.15 bits per heavy atom. The summed E-state index contributed by atoms with van der Waals surface area (Å²) in [7, 11) is 0. The van der Waals surface area contributed by atoms with Crippen LogP contribution in [0.4, 0.5) is 0 Å². The van der Waals surface area contributed by atoms with Crippen LogP contribution < -0.4 is 10.6 Å². The smallest absolute Gasteiger partial charge is 0.233 e. The van der Waals surface area contributed by atoms with Gasteiger partial charge in [-0.25, -0.2) is 0 Å². The highest BCUT2D eigenvalue weighted by Gasteiger charge is 2.21. The Bertz CT molecular complexity index is 202. The van der Waals surface area contributed by atoms with Crippen LogP contribution in [0.1, 0.15) is 12.8 Å². The van der Waals surface area contributed by atoms with Crippen LogP contribution in [0.15, 0.2) is 11.1 Å². The number of nitrogens with one attached hydrogen (secondary N) is 2. The van der Waals surface area contributed by atoms with Gasteiger partial charge >= 0.3 is 0 Å². The maximum Gasteiger partial charge on any atom is 0.233 e. The van der Waals surface area contributed by atoms with E-state index in [0.717, 1.165) is 16.9 Å². The SMILES string of the molecule is C=C(Br)CNCC(=O)NCC1CC1. The van der Waals surface area contributed by atoms with Crippen molar-refractivity contribution < 1.29 is 4.79 Å². The van der Waals surface area contributed by atoms with Crippen LogP contribution >= 0.6 is 15.9 Å². The predicted molar refractivity (Wildman–Crippen MR) is 56.7 cm³/mol. The van der Waals surface area contributed by atoms with Crippen LogP contribution in [-0.2, 0) is 4.79 Å². The van der Waals surface area contributed by atoms with Gasteiger partial charge in [-0.15, -0.1) is 0 Å². The summed E-state index contributed by atoms with van der Waals surface area (Å²) in [5.74, 6) is 0.816. The molecule has 1 fully saturated rings. The van der Waals surface area contributed by atoms with Crippen molar-refractivity contribution in [3.05, 3.63) is 11.1 Å². The molecule has 0 aliphatic heterocycles. The highest BCUT2D eigenvalue weighted by molar-refractivity contribution is 9.11. The summed E-state index contributed by atoms with van der Waals surface area (Å²) in [5, 5.41) is 5.84. The molecule has 0 radical (unpaired) electrons. The molecular weight excluding hydrogens is 232 g/mol. The lowest BCUT2D eigenvalue weighted by Gasteiger charge is -2.04. The van der Waals surface area contributed by atoms with Crippen molar-refractivity contribution in [2.75, 3.05) is 19.6 Å². The molecule has 0 saturated heterocycles. The zero-order valence-electron chi connectivity index (χ0n) is 7.61. The molecule has 1 aliphatic carbocycles. The Morgan fingerprint density at radius 3 is 2.69 bits per heavy atom. The van der Waals surface area contributed by atoms with E-state index >= 15 is 0 Å². The van der Waals surface area contributed by atoms with Crippen molar-refractivity contribution in [2.24, 2.45) is 5.92 Å². The van der Waals surface area contributed by atoms with Gasteiger partial charge in [0.1, 0.15) is 0 Å². The van der Waals surface area contributed by atoms with Crippen molar-refractivity contribution in [1.29, 1.82) is 0 Å².